The minimum absolute atomic E-state index is 0.230. The van der Waals surface area contributed by atoms with E-state index in [1.807, 2.05) is 68.4 Å². The monoisotopic (exact) mass is 506 g/mol. The number of benzene rings is 3. The van der Waals surface area contributed by atoms with Gasteiger partial charge in [-0.2, -0.15) is 0 Å². The maximum Gasteiger partial charge on any atom is 0.305 e. The Labute approximate surface area is 202 Å². The highest BCUT2D eigenvalue weighted by molar-refractivity contribution is 9.10. The number of rotatable bonds is 4. The summed E-state index contributed by atoms with van der Waals surface area (Å²) in [7, 11) is 0. The molecule has 0 aromatic heterocycles. The summed E-state index contributed by atoms with van der Waals surface area (Å²) in [5.74, 6) is 0.0905. The van der Waals surface area contributed by atoms with Gasteiger partial charge in [0.2, 0.25) is 0 Å². The summed E-state index contributed by atoms with van der Waals surface area (Å²) in [6.45, 7) is 5.77. The molecule has 1 fully saturated rings. The van der Waals surface area contributed by atoms with Crippen molar-refractivity contribution in [2.75, 3.05) is 0 Å². The van der Waals surface area contributed by atoms with E-state index in [1.54, 1.807) is 6.92 Å². The predicted octanol–water partition coefficient (Wildman–Crippen LogP) is 6.05. The normalized spacial score (nSPS) is 27.5. The van der Waals surface area contributed by atoms with Gasteiger partial charge >= 0.3 is 5.97 Å². The van der Waals surface area contributed by atoms with Crippen LogP contribution in [0.5, 0.6) is 5.75 Å². The quantitative estimate of drug-likeness (QED) is 0.437. The molecule has 170 valence electrons. The number of hydrogen-bond acceptors (Lipinski definition) is 4. The number of aliphatic hydroxyl groups is 1. The van der Waals surface area contributed by atoms with E-state index in [4.69, 9.17) is 9.47 Å². The smallest absolute Gasteiger partial charge is 0.305 e. The first kappa shape index (κ1) is 22.2. The van der Waals surface area contributed by atoms with Gasteiger partial charge in [-0.05, 0) is 60.7 Å². The summed E-state index contributed by atoms with van der Waals surface area (Å²) in [4.78, 5) is 12.5. The zero-order chi connectivity index (χ0) is 23.4. The van der Waals surface area contributed by atoms with Crippen LogP contribution < -0.4 is 4.74 Å². The molecule has 4 nitrogen and oxygen atoms in total. The Morgan fingerprint density at radius 3 is 2.48 bits per heavy atom. The highest BCUT2D eigenvalue weighted by Gasteiger charge is 2.74. The summed E-state index contributed by atoms with van der Waals surface area (Å²) in [5.41, 5.74) is 1.90. The van der Waals surface area contributed by atoms with E-state index >= 15 is 0 Å². The molecule has 1 heterocycles. The average molecular weight is 507 g/mol. The van der Waals surface area contributed by atoms with Crippen LogP contribution in [-0.2, 0) is 20.7 Å². The van der Waals surface area contributed by atoms with Crippen molar-refractivity contribution in [2.45, 2.75) is 56.8 Å². The number of aryl methyl sites for hydroxylation is 2. The van der Waals surface area contributed by atoms with Crippen LogP contribution in [0.4, 0.5) is 0 Å². The van der Waals surface area contributed by atoms with Crippen LogP contribution in [0.25, 0.3) is 0 Å². The second-order valence-corrected chi connectivity index (χ2v) is 10.0. The Balaban J connectivity index is 1.82. The number of halogens is 1. The van der Waals surface area contributed by atoms with Crippen molar-refractivity contribution >= 4 is 21.9 Å². The molecule has 4 atom stereocenters. The largest absolute Gasteiger partial charge is 0.478 e. The van der Waals surface area contributed by atoms with Crippen LogP contribution in [0.15, 0.2) is 71.2 Å². The van der Waals surface area contributed by atoms with Gasteiger partial charge in [0.1, 0.15) is 11.9 Å². The summed E-state index contributed by atoms with van der Waals surface area (Å²) >= 11 is 3.53. The van der Waals surface area contributed by atoms with Gasteiger partial charge in [0.05, 0.1) is 0 Å². The van der Waals surface area contributed by atoms with Gasteiger partial charge in [-0.1, -0.05) is 71.4 Å². The second-order valence-electron chi connectivity index (χ2n) is 9.10. The lowest BCUT2D eigenvalue weighted by Gasteiger charge is -2.41. The van der Waals surface area contributed by atoms with Gasteiger partial charge in [0.25, 0.3) is 0 Å². The van der Waals surface area contributed by atoms with Gasteiger partial charge in [0.15, 0.2) is 11.2 Å². The number of carbonyl (C=O) groups is 1. The minimum Gasteiger partial charge on any atom is -0.478 e. The molecule has 2 aliphatic rings. The number of carbonyl (C=O) groups excluding carboxylic acids is 1. The molecule has 0 unspecified atom stereocenters. The standard InChI is InChI=1S/C28H27BrO4/c1-4-25(30)32-24-16-22(19-8-6-5-7-9-19)28(20-10-12-21(29)13-11-20)27(24,31)26-18(3)14-17(2)15-23(26)33-28/h5-15,22,24,31H,4,16H2,1-3H3/t22-,24+,27+,28-/m0/s1. The number of fused-ring (bicyclic) bond motifs is 3. The molecule has 0 amide bonds. The van der Waals surface area contributed by atoms with Gasteiger partial charge in [0, 0.05) is 22.4 Å². The molecule has 0 spiro atoms. The molecule has 0 saturated heterocycles. The molecule has 33 heavy (non-hydrogen) atoms. The maximum atomic E-state index is 12.8. The van der Waals surface area contributed by atoms with Crippen LogP contribution in [0.3, 0.4) is 0 Å². The fraction of sp³-hybridized carbons (Fsp3) is 0.321. The SMILES string of the molecule is CCC(=O)O[C@@H]1C[C@@H](c2ccccc2)[C@]2(c3ccc(Br)cc3)Oc3cc(C)cc(C)c3[C@]12O. The highest BCUT2D eigenvalue weighted by atomic mass is 79.9. The molecule has 5 heteroatoms. The van der Waals surface area contributed by atoms with Crippen molar-refractivity contribution < 1.29 is 19.4 Å². The van der Waals surface area contributed by atoms with E-state index in [1.165, 1.54) is 0 Å². The van der Waals surface area contributed by atoms with E-state index < -0.39 is 17.3 Å². The second kappa shape index (κ2) is 8.00. The minimum atomic E-state index is -1.54. The van der Waals surface area contributed by atoms with Crippen LogP contribution in [0.2, 0.25) is 0 Å². The lowest BCUT2D eigenvalue weighted by molar-refractivity contribution is -0.181. The lowest BCUT2D eigenvalue weighted by Crippen LogP contribution is -2.53. The van der Waals surface area contributed by atoms with Crippen molar-refractivity contribution in [1.82, 2.24) is 0 Å². The van der Waals surface area contributed by atoms with Gasteiger partial charge < -0.3 is 14.6 Å². The number of hydrogen-bond donors (Lipinski definition) is 1. The Bertz CT molecular complexity index is 1210. The van der Waals surface area contributed by atoms with Crippen molar-refractivity contribution in [1.29, 1.82) is 0 Å². The molecule has 1 aliphatic carbocycles. The fourth-order valence-electron chi connectivity index (χ4n) is 5.83. The Morgan fingerprint density at radius 1 is 1.12 bits per heavy atom. The topological polar surface area (TPSA) is 55.8 Å². The summed E-state index contributed by atoms with van der Waals surface area (Å²) in [6, 6.07) is 22.0. The highest BCUT2D eigenvalue weighted by Crippen LogP contribution is 2.67. The zero-order valence-corrected chi connectivity index (χ0v) is 20.6. The van der Waals surface area contributed by atoms with Crippen LogP contribution >= 0.6 is 15.9 Å². The molecular weight excluding hydrogens is 480 g/mol. The zero-order valence-electron chi connectivity index (χ0n) is 19.0. The van der Waals surface area contributed by atoms with Crippen molar-refractivity contribution in [3.8, 4) is 5.75 Å². The van der Waals surface area contributed by atoms with E-state index in [2.05, 4.69) is 28.1 Å². The third-order valence-electron chi connectivity index (χ3n) is 7.11. The Kier molecular flexibility index (Phi) is 5.37. The van der Waals surface area contributed by atoms with Crippen molar-refractivity contribution in [2.24, 2.45) is 0 Å². The first-order valence-electron chi connectivity index (χ1n) is 11.3. The van der Waals surface area contributed by atoms with E-state index in [0.717, 1.165) is 26.7 Å². The van der Waals surface area contributed by atoms with E-state index in [-0.39, 0.29) is 18.3 Å². The first-order valence-corrected chi connectivity index (χ1v) is 12.1. The Hall–Kier alpha value is -2.63. The van der Waals surface area contributed by atoms with Crippen molar-refractivity contribution in [3.05, 3.63) is 99.0 Å². The summed E-state index contributed by atoms with van der Waals surface area (Å²) in [5, 5.41) is 12.8. The third kappa shape index (κ3) is 3.17. The van der Waals surface area contributed by atoms with E-state index in [0.29, 0.717) is 17.7 Å². The summed E-state index contributed by atoms with van der Waals surface area (Å²) in [6.07, 6.45) is -0.0507. The lowest BCUT2D eigenvalue weighted by atomic mass is 9.70. The van der Waals surface area contributed by atoms with E-state index in [9.17, 15) is 9.90 Å². The fourth-order valence-corrected chi connectivity index (χ4v) is 6.10. The number of esters is 1. The molecule has 5 rings (SSSR count). The Morgan fingerprint density at radius 2 is 1.82 bits per heavy atom. The molecular formula is C28H27BrO4. The maximum absolute atomic E-state index is 12.8. The predicted molar refractivity (Wildman–Crippen MR) is 130 cm³/mol. The molecule has 1 saturated carbocycles. The van der Waals surface area contributed by atoms with Gasteiger partial charge in [-0.25, -0.2) is 0 Å². The van der Waals surface area contributed by atoms with Crippen molar-refractivity contribution in [3.63, 3.8) is 0 Å². The molecule has 0 radical (unpaired) electrons. The number of ether oxygens (including phenoxy) is 2. The van der Waals surface area contributed by atoms with Crippen LogP contribution in [0, 0.1) is 13.8 Å². The first-order chi connectivity index (χ1) is 15.8. The van der Waals surface area contributed by atoms with Gasteiger partial charge in [-0.15, -0.1) is 0 Å². The molecule has 0 bridgehead atoms. The summed E-state index contributed by atoms with van der Waals surface area (Å²) < 4.78 is 13.8. The molecule has 1 N–H and O–H groups in total. The molecule has 1 aliphatic heterocycles. The third-order valence-corrected chi connectivity index (χ3v) is 7.63. The van der Waals surface area contributed by atoms with Crippen LogP contribution in [0.1, 0.15) is 53.5 Å². The molecule has 3 aromatic rings. The molecule has 3 aromatic carbocycles. The average Bonchev–Trinajstić information content (AvgIpc) is 3.20. The van der Waals surface area contributed by atoms with Crippen LogP contribution in [-0.4, -0.2) is 17.2 Å². The van der Waals surface area contributed by atoms with Gasteiger partial charge in [-0.3, -0.25) is 4.79 Å².